The summed E-state index contributed by atoms with van der Waals surface area (Å²) in [4.78, 5) is 0. The van der Waals surface area contributed by atoms with Gasteiger partial charge in [-0.3, -0.25) is 0 Å². The second-order valence-corrected chi connectivity index (χ2v) is 2.68. The molecule has 0 aliphatic carbocycles. The van der Waals surface area contributed by atoms with Crippen molar-refractivity contribution in [2.45, 2.75) is 20.0 Å². The van der Waals surface area contributed by atoms with Crippen LogP contribution < -0.4 is 5.32 Å². The average molecular weight is 187 g/mol. The molecule has 0 radical (unpaired) electrons. The highest BCUT2D eigenvalue weighted by Gasteiger charge is 2.07. The number of aromatic nitrogens is 2. The van der Waals surface area contributed by atoms with Gasteiger partial charge in [0.1, 0.15) is 0 Å². The molecule has 4 nitrogen and oxygen atoms in total. The molecule has 13 heavy (non-hydrogen) atoms. The van der Waals surface area contributed by atoms with E-state index in [1.165, 1.54) is 10.9 Å². The van der Waals surface area contributed by atoms with Crippen molar-refractivity contribution in [3.05, 3.63) is 17.7 Å². The van der Waals surface area contributed by atoms with Crippen molar-refractivity contribution in [2.24, 2.45) is 0 Å². The van der Waals surface area contributed by atoms with E-state index in [0.717, 1.165) is 0 Å². The highest BCUT2D eigenvalue weighted by Crippen LogP contribution is 2.05. The van der Waals surface area contributed by atoms with E-state index in [1.807, 2.05) is 6.92 Å². The molecule has 1 aromatic heterocycles. The third-order valence-corrected chi connectivity index (χ3v) is 1.75. The predicted molar refractivity (Wildman–Crippen MR) is 46.7 cm³/mol. The molecule has 0 saturated heterocycles. The Morgan fingerprint density at radius 1 is 1.69 bits per heavy atom. The normalized spacial score (nSPS) is 10.7. The third kappa shape index (κ3) is 2.50. The fourth-order valence-corrected chi connectivity index (χ4v) is 1.05. The van der Waals surface area contributed by atoms with Gasteiger partial charge in [-0.05, 0) is 6.92 Å². The molecule has 0 aliphatic rings. The van der Waals surface area contributed by atoms with E-state index in [4.69, 9.17) is 5.11 Å². The van der Waals surface area contributed by atoms with E-state index in [1.54, 1.807) is 0 Å². The molecule has 5 heteroatoms. The predicted octanol–water partition coefficient (Wildman–Crippen LogP) is 0.124. The molecule has 0 bridgehead atoms. The molecule has 0 fully saturated rings. The van der Waals surface area contributed by atoms with Crippen molar-refractivity contribution in [2.75, 3.05) is 13.2 Å². The van der Waals surface area contributed by atoms with Crippen molar-refractivity contribution in [1.82, 2.24) is 15.1 Å². The first-order valence-corrected chi connectivity index (χ1v) is 4.31. The van der Waals surface area contributed by atoms with Crippen LogP contribution in [0, 0.1) is 5.95 Å². The van der Waals surface area contributed by atoms with Crippen LogP contribution in [0.3, 0.4) is 0 Å². The van der Waals surface area contributed by atoms with E-state index < -0.39 is 0 Å². The highest BCUT2D eigenvalue weighted by molar-refractivity contribution is 5.06. The number of hydrogen-bond acceptors (Lipinski definition) is 3. The van der Waals surface area contributed by atoms with Crippen LogP contribution in [0.4, 0.5) is 4.39 Å². The smallest absolute Gasteiger partial charge is 0.215 e. The summed E-state index contributed by atoms with van der Waals surface area (Å²) < 4.78 is 14.6. The molecule has 1 rings (SSSR count). The molecule has 0 aliphatic heterocycles. The minimum absolute atomic E-state index is 0.0591. The first-order chi connectivity index (χ1) is 6.29. The summed E-state index contributed by atoms with van der Waals surface area (Å²) in [6.45, 7) is 3.31. The van der Waals surface area contributed by atoms with Crippen molar-refractivity contribution < 1.29 is 9.50 Å². The number of aliphatic hydroxyl groups is 1. The van der Waals surface area contributed by atoms with Gasteiger partial charge in [-0.2, -0.15) is 9.49 Å². The van der Waals surface area contributed by atoms with Crippen molar-refractivity contribution in [1.29, 1.82) is 0 Å². The van der Waals surface area contributed by atoms with E-state index in [0.29, 0.717) is 25.2 Å². The topological polar surface area (TPSA) is 50.1 Å². The van der Waals surface area contributed by atoms with E-state index >= 15 is 0 Å². The fourth-order valence-electron chi connectivity index (χ4n) is 1.05. The van der Waals surface area contributed by atoms with Gasteiger partial charge in [-0.1, -0.05) is 0 Å². The molecule has 0 atom stereocenters. The van der Waals surface area contributed by atoms with Gasteiger partial charge in [0, 0.05) is 25.2 Å². The lowest BCUT2D eigenvalue weighted by molar-refractivity contribution is 0.291. The third-order valence-electron chi connectivity index (χ3n) is 1.75. The first kappa shape index (κ1) is 10.1. The lowest BCUT2D eigenvalue weighted by Crippen LogP contribution is -2.18. The maximum absolute atomic E-state index is 13.3. The molecule has 74 valence electrons. The highest BCUT2D eigenvalue weighted by atomic mass is 19.1. The number of halogens is 1. The van der Waals surface area contributed by atoms with E-state index in [2.05, 4.69) is 10.4 Å². The summed E-state index contributed by atoms with van der Waals surface area (Å²) in [5, 5.41) is 15.2. The maximum atomic E-state index is 13.3. The molecule has 1 aromatic rings. The van der Waals surface area contributed by atoms with Crippen LogP contribution in [0.25, 0.3) is 0 Å². The minimum atomic E-state index is -0.298. The Bertz CT molecular complexity index is 262. The Hall–Kier alpha value is -0.940. The zero-order valence-corrected chi connectivity index (χ0v) is 7.63. The molecule has 0 aromatic carbocycles. The van der Waals surface area contributed by atoms with Gasteiger partial charge in [0.15, 0.2) is 0 Å². The first-order valence-electron chi connectivity index (χ1n) is 4.31. The number of aryl methyl sites for hydroxylation is 1. The van der Waals surface area contributed by atoms with Gasteiger partial charge in [-0.25, -0.2) is 4.68 Å². The molecular weight excluding hydrogens is 173 g/mol. The number of aliphatic hydroxyl groups excluding tert-OH is 1. The summed E-state index contributed by atoms with van der Waals surface area (Å²) in [6.07, 6.45) is 1.50. The van der Waals surface area contributed by atoms with Crippen LogP contribution in [0.2, 0.25) is 0 Å². The van der Waals surface area contributed by atoms with Gasteiger partial charge in [0.05, 0.1) is 12.8 Å². The lowest BCUT2D eigenvalue weighted by Gasteiger charge is -2.00. The summed E-state index contributed by atoms with van der Waals surface area (Å²) in [5.41, 5.74) is 0.537. The standard InChI is InChI=1S/C8H14FN3O/c1-2-12-8(9)7(6-11-12)5-10-3-4-13/h6,10,13H,2-5H2,1H3. The van der Waals surface area contributed by atoms with Crippen molar-refractivity contribution in [3.63, 3.8) is 0 Å². The minimum Gasteiger partial charge on any atom is -0.395 e. The van der Waals surface area contributed by atoms with Crippen LogP contribution in [0.1, 0.15) is 12.5 Å². The Morgan fingerprint density at radius 3 is 3.00 bits per heavy atom. The lowest BCUT2D eigenvalue weighted by atomic mass is 10.3. The molecule has 0 unspecified atom stereocenters. The molecule has 0 saturated carbocycles. The van der Waals surface area contributed by atoms with Crippen molar-refractivity contribution >= 4 is 0 Å². The van der Waals surface area contributed by atoms with Gasteiger partial charge < -0.3 is 10.4 Å². The van der Waals surface area contributed by atoms with Crippen LogP contribution in [0.15, 0.2) is 6.20 Å². The van der Waals surface area contributed by atoms with Crippen molar-refractivity contribution in [3.8, 4) is 0 Å². The average Bonchev–Trinajstić information content (AvgIpc) is 2.48. The molecule has 1 heterocycles. The number of nitrogens with one attached hydrogen (secondary N) is 1. The van der Waals surface area contributed by atoms with Gasteiger partial charge >= 0.3 is 0 Å². The second kappa shape index (κ2) is 4.94. The maximum Gasteiger partial charge on any atom is 0.215 e. The number of nitrogens with zero attached hydrogens (tertiary/aromatic N) is 2. The fraction of sp³-hybridized carbons (Fsp3) is 0.625. The zero-order valence-electron chi connectivity index (χ0n) is 7.63. The monoisotopic (exact) mass is 187 g/mol. The van der Waals surface area contributed by atoms with Gasteiger partial charge in [0.25, 0.3) is 0 Å². The van der Waals surface area contributed by atoms with Gasteiger partial charge in [-0.15, -0.1) is 0 Å². The van der Waals surface area contributed by atoms with Crippen LogP contribution in [-0.4, -0.2) is 28.0 Å². The molecule has 0 amide bonds. The number of hydrogen-bond donors (Lipinski definition) is 2. The second-order valence-electron chi connectivity index (χ2n) is 2.68. The van der Waals surface area contributed by atoms with Crippen LogP contribution in [-0.2, 0) is 13.1 Å². The SMILES string of the molecule is CCn1ncc(CNCCO)c1F. The quantitative estimate of drug-likeness (QED) is 0.644. The molecular formula is C8H14FN3O. The Labute approximate surface area is 76.4 Å². The molecule has 2 N–H and O–H groups in total. The summed E-state index contributed by atoms with van der Waals surface area (Å²) in [7, 11) is 0. The van der Waals surface area contributed by atoms with Crippen LogP contribution >= 0.6 is 0 Å². The Kier molecular flexibility index (Phi) is 3.85. The summed E-state index contributed by atoms with van der Waals surface area (Å²) in [5.74, 6) is -0.298. The Balaban J connectivity index is 2.51. The van der Waals surface area contributed by atoms with E-state index in [9.17, 15) is 4.39 Å². The summed E-state index contributed by atoms with van der Waals surface area (Å²) in [6, 6.07) is 0. The summed E-state index contributed by atoms with van der Waals surface area (Å²) >= 11 is 0. The van der Waals surface area contributed by atoms with Gasteiger partial charge in [0.2, 0.25) is 5.95 Å². The largest absolute Gasteiger partial charge is 0.395 e. The molecule has 0 spiro atoms. The zero-order chi connectivity index (χ0) is 9.68. The van der Waals surface area contributed by atoms with Crippen LogP contribution in [0.5, 0.6) is 0 Å². The number of rotatable bonds is 5. The van der Waals surface area contributed by atoms with E-state index in [-0.39, 0.29) is 12.6 Å². The Morgan fingerprint density at radius 2 is 2.46 bits per heavy atom.